The number of amides is 2. The lowest BCUT2D eigenvalue weighted by Gasteiger charge is -2.19. The van der Waals surface area contributed by atoms with Crippen LogP contribution in [0.2, 0.25) is 0 Å². The Balaban J connectivity index is 1.43. The van der Waals surface area contributed by atoms with E-state index in [4.69, 9.17) is 14.2 Å². The number of thiophene rings is 1. The highest BCUT2D eigenvalue weighted by Crippen LogP contribution is 2.36. The van der Waals surface area contributed by atoms with E-state index in [1.807, 2.05) is 30.3 Å². The van der Waals surface area contributed by atoms with Gasteiger partial charge in [0.25, 0.3) is 5.91 Å². The minimum Gasteiger partial charge on any atom is -0.495 e. The molecule has 10 heteroatoms. The Bertz CT molecular complexity index is 1340. The summed E-state index contributed by atoms with van der Waals surface area (Å²) in [6.45, 7) is 3.44. The first-order valence-corrected chi connectivity index (χ1v) is 12.9. The third-order valence-corrected chi connectivity index (χ3v) is 7.12. The number of anilines is 2. The van der Waals surface area contributed by atoms with Crippen molar-refractivity contribution >= 4 is 45.8 Å². The number of benzene rings is 2. The number of carbonyl (C=O) groups is 4. The van der Waals surface area contributed by atoms with Gasteiger partial charge < -0.3 is 24.4 Å². The molecule has 0 radical (unpaired) electrons. The largest absolute Gasteiger partial charge is 0.495 e. The van der Waals surface area contributed by atoms with Crippen LogP contribution in [0, 0.1) is 5.92 Å². The van der Waals surface area contributed by atoms with Crippen molar-refractivity contribution in [3.05, 3.63) is 66.2 Å². The van der Waals surface area contributed by atoms with Crippen LogP contribution in [0.15, 0.2) is 60.7 Å². The second kappa shape index (κ2) is 11.9. The monoisotopic (exact) mass is 536 g/mol. The number of esters is 2. The van der Waals surface area contributed by atoms with Crippen molar-refractivity contribution in [3.8, 4) is 16.2 Å². The summed E-state index contributed by atoms with van der Waals surface area (Å²) < 4.78 is 15.9. The molecule has 1 fully saturated rings. The first kappa shape index (κ1) is 26.9. The van der Waals surface area contributed by atoms with Crippen LogP contribution in [0.5, 0.6) is 5.75 Å². The van der Waals surface area contributed by atoms with Crippen molar-refractivity contribution in [2.45, 2.75) is 26.4 Å². The average molecular weight is 537 g/mol. The lowest BCUT2D eigenvalue weighted by molar-refractivity contribution is -0.157. The fraction of sp³-hybridized carbons (Fsp3) is 0.286. The van der Waals surface area contributed by atoms with Crippen LogP contribution in [0.3, 0.4) is 0 Å². The number of hydrogen-bond acceptors (Lipinski definition) is 8. The first-order chi connectivity index (χ1) is 18.3. The van der Waals surface area contributed by atoms with Gasteiger partial charge in [-0.2, -0.15) is 0 Å². The summed E-state index contributed by atoms with van der Waals surface area (Å²) in [7, 11) is 1.51. The Morgan fingerprint density at radius 2 is 1.82 bits per heavy atom. The number of carbonyl (C=O) groups excluding carboxylic acids is 4. The van der Waals surface area contributed by atoms with Crippen molar-refractivity contribution in [3.63, 3.8) is 0 Å². The third-order valence-electron chi connectivity index (χ3n) is 6.02. The van der Waals surface area contributed by atoms with E-state index in [9.17, 15) is 19.2 Å². The van der Waals surface area contributed by atoms with E-state index in [1.54, 1.807) is 37.3 Å². The number of methoxy groups -OCH3 is 1. The van der Waals surface area contributed by atoms with Crippen molar-refractivity contribution < 1.29 is 33.4 Å². The van der Waals surface area contributed by atoms with Crippen LogP contribution in [0.1, 0.15) is 30.6 Å². The minimum absolute atomic E-state index is 0.0381. The highest BCUT2D eigenvalue weighted by molar-refractivity contribution is 7.20. The van der Waals surface area contributed by atoms with E-state index in [0.29, 0.717) is 16.4 Å². The van der Waals surface area contributed by atoms with Gasteiger partial charge in [-0.25, -0.2) is 4.79 Å². The number of ether oxygens (including phenoxy) is 3. The Morgan fingerprint density at radius 1 is 1.11 bits per heavy atom. The number of hydrogen-bond donors (Lipinski definition) is 1. The molecule has 2 heterocycles. The lowest BCUT2D eigenvalue weighted by Crippen LogP contribution is -2.33. The number of rotatable bonds is 9. The van der Waals surface area contributed by atoms with E-state index in [-0.39, 0.29) is 31.0 Å². The molecule has 0 saturated carbocycles. The fourth-order valence-electron chi connectivity index (χ4n) is 4.08. The molecule has 2 aromatic carbocycles. The lowest BCUT2D eigenvalue weighted by atomic mass is 10.1. The molecule has 0 aliphatic carbocycles. The van der Waals surface area contributed by atoms with Gasteiger partial charge in [-0.15, -0.1) is 11.3 Å². The maximum atomic E-state index is 12.9. The van der Waals surface area contributed by atoms with Gasteiger partial charge >= 0.3 is 11.9 Å². The van der Waals surface area contributed by atoms with Gasteiger partial charge in [0.1, 0.15) is 10.8 Å². The zero-order chi connectivity index (χ0) is 27.2. The molecule has 1 N–H and O–H groups in total. The molecule has 4 rings (SSSR count). The van der Waals surface area contributed by atoms with E-state index < -0.39 is 29.9 Å². The molecule has 1 aliphatic heterocycles. The quantitative estimate of drug-likeness (QED) is 0.400. The van der Waals surface area contributed by atoms with Gasteiger partial charge in [-0.05, 0) is 37.6 Å². The molecule has 1 saturated heterocycles. The SMILES string of the molecule is CCOC(=O)c1cc(-c2ccccc2)sc1NC(=O)C(C)OC(=O)C1CC(=O)N(c2ccccc2OC)C1. The molecule has 2 atom stereocenters. The molecule has 9 nitrogen and oxygen atoms in total. The number of nitrogens with zero attached hydrogens (tertiary/aromatic N) is 1. The Morgan fingerprint density at radius 3 is 2.53 bits per heavy atom. The van der Waals surface area contributed by atoms with Crippen LogP contribution in [0.25, 0.3) is 10.4 Å². The Labute approximate surface area is 224 Å². The van der Waals surface area contributed by atoms with Crippen molar-refractivity contribution in [1.29, 1.82) is 0 Å². The first-order valence-electron chi connectivity index (χ1n) is 12.1. The maximum absolute atomic E-state index is 12.9. The van der Waals surface area contributed by atoms with Gasteiger partial charge in [0.05, 0.1) is 30.9 Å². The molecule has 38 heavy (non-hydrogen) atoms. The molecule has 1 aliphatic rings. The molecular weight excluding hydrogens is 508 g/mol. The molecular formula is C28H28N2O7S. The van der Waals surface area contributed by atoms with Crippen molar-refractivity contribution in [1.82, 2.24) is 0 Å². The molecule has 2 unspecified atom stereocenters. The second-order valence-corrected chi connectivity index (χ2v) is 9.64. The van der Waals surface area contributed by atoms with E-state index in [0.717, 1.165) is 10.4 Å². The summed E-state index contributed by atoms with van der Waals surface area (Å²) in [6.07, 6.45) is -1.20. The summed E-state index contributed by atoms with van der Waals surface area (Å²) in [4.78, 5) is 53.2. The van der Waals surface area contributed by atoms with Crippen molar-refractivity contribution in [2.75, 3.05) is 30.5 Å². The van der Waals surface area contributed by atoms with Crippen LogP contribution in [-0.2, 0) is 23.9 Å². The van der Waals surface area contributed by atoms with Gasteiger partial charge in [0.2, 0.25) is 5.91 Å². The fourth-order valence-corrected chi connectivity index (χ4v) is 5.13. The van der Waals surface area contributed by atoms with E-state index >= 15 is 0 Å². The van der Waals surface area contributed by atoms with E-state index in [2.05, 4.69) is 5.32 Å². The highest BCUT2D eigenvalue weighted by Gasteiger charge is 2.38. The van der Waals surface area contributed by atoms with Crippen LogP contribution in [0.4, 0.5) is 10.7 Å². The van der Waals surface area contributed by atoms with Gasteiger partial charge in [0, 0.05) is 17.8 Å². The zero-order valence-corrected chi connectivity index (χ0v) is 22.1. The van der Waals surface area contributed by atoms with E-state index in [1.165, 1.54) is 30.3 Å². The van der Waals surface area contributed by atoms with Crippen LogP contribution >= 0.6 is 11.3 Å². The van der Waals surface area contributed by atoms with Gasteiger partial charge in [0.15, 0.2) is 6.10 Å². The molecule has 3 aromatic rings. The molecule has 1 aromatic heterocycles. The number of nitrogens with one attached hydrogen (secondary N) is 1. The van der Waals surface area contributed by atoms with Gasteiger partial charge in [-0.3, -0.25) is 14.4 Å². The van der Waals surface area contributed by atoms with Crippen molar-refractivity contribution in [2.24, 2.45) is 5.92 Å². The zero-order valence-electron chi connectivity index (χ0n) is 21.3. The summed E-state index contributed by atoms with van der Waals surface area (Å²) in [5.74, 6) is -2.27. The highest BCUT2D eigenvalue weighted by atomic mass is 32.1. The molecule has 2 amide bonds. The Hall–Kier alpha value is -4.18. The summed E-state index contributed by atoms with van der Waals surface area (Å²) in [5, 5.41) is 3.00. The average Bonchev–Trinajstić information content (AvgIpc) is 3.53. The summed E-state index contributed by atoms with van der Waals surface area (Å²) in [6, 6.07) is 18.1. The van der Waals surface area contributed by atoms with Gasteiger partial charge in [-0.1, -0.05) is 42.5 Å². The third kappa shape index (κ3) is 5.86. The number of para-hydroxylation sites is 2. The summed E-state index contributed by atoms with van der Waals surface area (Å²) >= 11 is 1.22. The summed E-state index contributed by atoms with van der Waals surface area (Å²) in [5.41, 5.74) is 1.67. The predicted molar refractivity (Wildman–Crippen MR) is 143 cm³/mol. The Kier molecular flexibility index (Phi) is 8.42. The molecule has 0 bridgehead atoms. The second-order valence-electron chi connectivity index (χ2n) is 8.59. The molecule has 198 valence electrons. The normalized spacial score (nSPS) is 15.6. The standard InChI is InChI=1S/C28H28N2O7S/c1-4-36-28(34)20-15-23(18-10-6-5-7-11-18)38-26(20)29-25(32)17(2)37-27(33)19-14-24(31)30(16-19)21-12-8-9-13-22(21)35-3/h5-13,15,17,19H,4,14,16H2,1-3H3,(H,29,32). The maximum Gasteiger partial charge on any atom is 0.341 e. The van der Waals surface area contributed by atoms with Crippen LogP contribution < -0.4 is 15.0 Å². The smallest absolute Gasteiger partial charge is 0.341 e. The molecule has 0 spiro atoms. The predicted octanol–water partition coefficient (Wildman–Crippen LogP) is 4.52. The van der Waals surface area contributed by atoms with Crippen LogP contribution in [-0.4, -0.2) is 50.1 Å². The topological polar surface area (TPSA) is 111 Å². The minimum atomic E-state index is -1.16.